The van der Waals surface area contributed by atoms with E-state index in [1.807, 2.05) is 0 Å². The summed E-state index contributed by atoms with van der Waals surface area (Å²) < 4.78 is 67.3. The number of benzene rings is 2. The summed E-state index contributed by atoms with van der Waals surface area (Å²) in [5.74, 6) is 0. The van der Waals surface area contributed by atoms with Crippen LogP contribution in [0.3, 0.4) is 0 Å². The van der Waals surface area contributed by atoms with Crippen LogP contribution in [0.15, 0.2) is 61.2 Å². The van der Waals surface area contributed by atoms with Gasteiger partial charge < -0.3 is 4.55 Å². The number of nitrogens with zero attached hydrogens (tertiary/aromatic N) is 3. The predicted octanol–water partition coefficient (Wildman–Crippen LogP) is 2.62. The van der Waals surface area contributed by atoms with Crippen LogP contribution in [0.4, 0.5) is 11.4 Å². The fraction of sp³-hybridized carbons (Fsp3) is 0.118. The molecule has 2 aromatic carbocycles. The molecule has 1 aromatic heterocycles. The quantitative estimate of drug-likeness (QED) is 0.292. The number of aromatic nitrogens is 2. The van der Waals surface area contributed by atoms with Gasteiger partial charge in [0.2, 0.25) is 0 Å². The Kier molecular flexibility index (Phi) is 8.11. The van der Waals surface area contributed by atoms with E-state index in [1.54, 1.807) is 0 Å². The van der Waals surface area contributed by atoms with E-state index in [0.29, 0.717) is 5.56 Å². The van der Waals surface area contributed by atoms with E-state index < -0.39 is 35.6 Å². The first-order chi connectivity index (χ1) is 14.3. The monoisotopic (exact) mass is 525 g/mol. The Morgan fingerprint density at radius 2 is 1.75 bits per heavy atom. The minimum absolute atomic E-state index is 0. The van der Waals surface area contributed by atoms with E-state index >= 15 is 0 Å². The van der Waals surface area contributed by atoms with Gasteiger partial charge in [0.25, 0.3) is 15.7 Å². The molecule has 32 heavy (non-hydrogen) atoms. The topological polar surface area (TPSA) is 174 Å². The third-order valence-corrected chi connectivity index (χ3v) is 6.30. The molecule has 3 rings (SSSR count). The summed E-state index contributed by atoms with van der Waals surface area (Å²) in [7, 11) is -9.38. The van der Waals surface area contributed by atoms with Crippen molar-refractivity contribution < 1.29 is 25.9 Å². The van der Waals surface area contributed by atoms with Gasteiger partial charge in [-0.3, -0.25) is 14.4 Å². The number of azo groups is 1. The van der Waals surface area contributed by atoms with Gasteiger partial charge in [-0.15, -0.1) is 10.2 Å². The van der Waals surface area contributed by atoms with Crippen LogP contribution in [0, 0.1) is 13.8 Å². The molecule has 3 aromatic rings. The molecular weight excluding hydrogens is 512 g/mol. The second-order valence-electron chi connectivity index (χ2n) is 6.42. The standard InChI is InChI=1S/C17H15ClN4O7S2.Ca/c1-9-6-15(31(27,28)29)14(8-13(9)18)19-20-16-10(2)21-22(17(16)23)11-4-3-5-12(7-11)30(24,25)26;/h3-8,21H,1-2H3,(H,24,25,26)(H,27,28,29);/q;+2/p-1. The van der Waals surface area contributed by atoms with E-state index in [1.165, 1.54) is 32.0 Å². The number of rotatable bonds is 5. The van der Waals surface area contributed by atoms with Gasteiger partial charge in [0, 0.05) is 5.02 Å². The summed E-state index contributed by atoms with van der Waals surface area (Å²) in [6.07, 6.45) is 0. The molecule has 2 N–H and O–H groups in total. The molecule has 15 heteroatoms. The second-order valence-corrected chi connectivity index (χ2v) is 9.60. The molecule has 0 aliphatic carbocycles. The van der Waals surface area contributed by atoms with Crippen LogP contribution in [0.25, 0.3) is 5.69 Å². The molecule has 11 nitrogen and oxygen atoms in total. The molecule has 0 bridgehead atoms. The van der Waals surface area contributed by atoms with Crippen LogP contribution in [0.1, 0.15) is 11.3 Å². The first-order valence-electron chi connectivity index (χ1n) is 8.36. The molecule has 0 unspecified atom stereocenters. The van der Waals surface area contributed by atoms with Gasteiger partial charge in [-0.25, -0.2) is 13.1 Å². The maximum Gasteiger partial charge on any atom is 2.00 e. The fourth-order valence-electron chi connectivity index (χ4n) is 2.65. The van der Waals surface area contributed by atoms with Crippen molar-refractivity contribution in [2.24, 2.45) is 10.2 Å². The van der Waals surface area contributed by atoms with Crippen LogP contribution >= 0.6 is 11.6 Å². The maximum absolute atomic E-state index is 12.7. The number of halogens is 1. The van der Waals surface area contributed by atoms with Crippen LogP contribution in [0.5, 0.6) is 0 Å². The smallest absolute Gasteiger partial charge is 0.744 e. The summed E-state index contributed by atoms with van der Waals surface area (Å²) >= 11 is 5.99. The summed E-state index contributed by atoms with van der Waals surface area (Å²) in [6.45, 7) is 3.01. The fourth-order valence-corrected chi connectivity index (χ4v) is 4.01. The van der Waals surface area contributed by atoms with Gasteiger partial charge >= 0.3 is 37.7 Å². The minimum atomic E-state index is -4.74. The van der Waals surface area contributed by atoms with Crippen molar-refractivity contribution in [3.63, 3.8) is 0 Å². The average Bonchev–Trinajstić information content (AvgIpc) is 2.95. The zero-order valence-corrected chi connectivity index (χ0v) is 21.2. The zero-order chi connectivity index (χ0) is 23.1. The molecule has 0 radical (unpaired) electrons. The number of aryl methyl sites for hydroxylation is 2. The van der Waals surface area contributed by atoms with Crippen LogP contribution in [-0.4, -0.2) is 73.5 Å². The average molecular weight is 526 g/mol. The molecule has 0 atom stereocenters. The number of aromatic amines is 1. The SMILES string of the molecule is Cc1cc(S(=O)(=O)O)c(N=Nc2c(C)[nH]n(-c3cccc(S(=O)(=O)[O-])c3)c2=O)cc1Cl.[Ca+2]. The Labute approximate surface area is 217 Å². The van der Waals surface area contributed by atoms with Crippen molar-refractivity contribution in [3.8, 4) is 5.69 Å². The summed E-state index contributed by atoms with van der Waals surface area (Å²) in [5, 5.41) is 10.4. The van der Waals surface area contributed by atoms with E-state index in [2.05, 4.69) is 15.3 Å². The third-order valence-electron chi connectivity index (χ3n) is 4.18. The predicted molar refractivity (Wildman–Crippen MR) is 115 cm³/mol. The molecule has 164 valence electrons. The third kappa shape index (κ3) is 5.66. The number of nitrogens with one attached hydrogen (secondary N) is 1. The summed E-state index contributed by atoms with van der Waals surface area (Å²) in [4.78, 5) is 11.7. The van der Waals surface area contributed by atoms with E-state index in [4.69, 9.17) is 11.6 Å². The minimum Gasteiger partial charge on any atom is -0.744 e. The Morgan fingerprint density at radius 3 is 2.34 bits per heavy atom. The van der Waals surface area contributed by atoms with Gasteiger partial charge in [-0.2, -0.15) is 8.42 Å². The van der Waals surface area contributed by atoms with Crippen molar-refractivity contribution in [3.05, 3.63) is 63.0 Å². The zero-order valence-electron chi connectivity index (χ0n) is 16.6. The first kappa shape index (κ1) is 26.7. The molecule has 0 spiro atoms. The van der Waals surface area contributed by atoms with Gasteiger partial charge in [0.1, 0.15) is 20.7 Å². The van der Waals surface area contributed by atoms with Crippen LogP contribution in [0.2, 0.25) is 5.02 Å². The molecule has 0 saturated carbocycles. The second kappa shape index (κ2) is 9.73. The normalized spacial score (nSPS) is 12.2. The molecular formula is C17H14CaClN4O7S2+. The number of hydrogen-bond acceptors (Lipinski definition) is 8. The molecule has 0 amide bonds. The first-order valence-corrected chi connectivity index (χ1v) is 11.6. The largest absolute Gasteiger partial charge is 2.00 e. The van der Waals surface area contributed by atoms with E-state index in [0.717, 1.165) is 22.9 Å². The van der Waals surface area contributed by atoms with Crippen molar-refractivity contribution >= 4 is 81.0 Å². The van der Waals surface area contributed by atoms with Crippen LogP contribution in [-0.2, 0) is 20.2 Å². The Morgan fingerprint density at radius 1 is 1.09 bits per heavy atom. The van der Waals surface area contributed by atoms with Gasteiger partial charge in [-0.1, -0.05) is 17.7 Å². The molecule has 0 aliphatic rings. The Bertz CT molecular complexity index is 1500. The van der Waals surface area contributed by atoms with Gasteiger partial charge in [-0.05, 0) is 49.7 Å². The van der Waals surface area contributed by atoms with Gasteiger partial charge in [0.15, 0.2) is 5.69 Å². The summed E-state index contributed by atoms with van der Waals surface area (Å²) in [6, 6.07) is 7.07. The molecule has 0 aliphatic heterocycles. The van der Waals surface area contributed by atoms with E-state index in [-0.39, 0.29) is 65.5 Å². The van der Waals surface area contributed by atoms with E-state index in [9.17, 15) is 30.7 Å². The Balaban J connectivity index is 0.00000363. The molecule has 0 saturated heterocycles. The number of H-pyrrole nitrogens is 1. The number of hydrogen-bond donors (Lipinski definition) is 2. The van der Waals surface area contributed by atoms with Gasteiger partial charge in [0.05, 0.1) is 16.3 Å². The molecule has 1 heterocycles. The maximum atomic E-state index is 12.7. The van der Waals surface area contributed by atoms with Crippen LogP contribution < -0.4 is 5.56 Å². The van der Waals surface area contributed by atoms with Crippen molar-refractivity contribution in [1.82, 2.24) is 9.78 Å². The summed E-state index contributed by atoms with van der Waals surface area (Å²) in [5.41, 5.74) is -0.591. The van der Waals surface area contributed by atoms with Crippen molar-refractivity contribution in [2.75, 3.05) is 0 Å². The molecule has 0 fully saturated rings. The van der Waals surface area contributed by atoms with Crippen molar-refractivity contribution in [2.45, 2.75) is 23.6 Å². The Hall–Kier alpha value is -1.58. The van der Waals surface area contributed by atoms with Crippen molar-refractivity contribution in [1.29, 1.82) is 0 Å².